The van der Waals surface area contributed by atoms with Gasteiger partial charge in [0.1, 0.15) is 5.82 Å². The summed E-state index contributed by atoms with van der Waals surface area (Å²) >= 11 is 0. The quantitative estimate of drug-likeness (QED) is 0.830. The van der Waals surface area contributed by atoms with Crippen molar-refractivity contribution in [2.45, 2.75) is 25.0 Å². The largest absolute Gasteiger partial charge is 0.373 e. The molecule has 2 aliphatic rings. The van der Waals surface area contributed by atoms with E-state index in [2.05, 4.69) is 30.8 Å². The highest BCUT2D eigenvalue weighted by Crippen LogP contribution is 2.22. The molecule has 2 saturated heterocycles. The normalized spacial score (nSPS) is 26.8. The molecule has 2 unspecified atom stereocenters. The summed E-state index contributed by atoms with van der Waals surface area (Å²) in [7, 11) is 0. The predicted molar refractivity (Wildman–Crippen MR) is 71.4 cm³/mol. The molecule has 0 spiro atoms. The van der Waals surface area contributed by atoms with E-state index in [0.717, 1.165) is 25.5 Å². The number of fused-ring (bicyclic) bond motifs is 2. The molecule has 4 rings (SSSR count). The van der Waals surface area contributed by atoms with Crippen LogP contribution in [0.4, 0.5) is 5.82 Å². The van der Waals surface area contributed by atoms with Gasteiger partial charge in [-0.25, -0.2) is 0 Å². The molecule has 8 heteroatoms. The summed E-state index contributed by atoms with van der Waals surface area (Å²) in [6.45, 7) is 3.82. The van der Waals surface area contributed by atoms with Gasteiger partial charge < -0.3 is 10.1 Å². The van der Waals surface area contributed by atoms with Gasteiger partial charge in [0, 0.05) is 19.1 Å². The van der Waals surface area contributed by atoms with Crippen molar-refractivity contribution in [1.82, 2.24) is 30.2 Å². The zero-order valence-corrected chi connectivity index (χ0v) is 11.1. The Balaban J connectivity index is 1.37. The summed E-state index contributed by atoms with van der Waals surface area (Å²) in [6, 6.07) is 4.36. The lowest BCUT2D eigenvalue weighted by Crippen LogP contribution is -2.48. The minimum Gasteiger partial charge on any atom is -0.373 e. The number of anilines is 1. The van der Waals surface area contributed by atoms with Gasteiger partial charge in [-0.05, 0) is 41.9 Å². The van der Waals surface area contributed by atoms with Crippen molar-refractivity contribution in [3.05, 3.63) is 12.1 Å². The number of hydrogen-bond donors (Lipinski definition) is 1. The Morgan fingerprint density at radius 3 is 3.40 bits per heavy atom. The van der Waals surface area contributed by atoms with E-state index in [1.807, 2.05) is 12.1 Å². The van der Waals surface area contributed by atoms with Gasteiger partial charge in [0.15, 0.2) is 5.65 Å². The molecule has 0 radical (unpaired) electrons. The molecule has 2 aromatic heterocycles. The van der Waals surface area contributed by atoms with Crippen molar-refractivity contribution < 1.29 is 4.74 Å². The molecule has 0 aromatic carbocycles. The van der Waals surface area contributed by atoms with Crippen LogP contribution in [0.25, 0.3) is 5.65 Å². The molecule has 106 valence electrons. The predicted octanol–water partition coefficient (Wildman–Crippen LogP) is -0.206. The van der Waals surface area contributed by atoms with Crippen LogP contribution in [0.3, 0.4) is 0 Å². The van der Waals surface area contributed by atoms with Gasteiger partial charge in [0.25, 0.3) is 0 Å². The number of aromatic nitrogens is 5. The lowest BCUT2D eigenvalue weighted by atomic mass is 10.2. The second-order valence-electron chi connectivity index (χ2n) is 5.37. The van der Waals surface area contributed by atoms with E-state index in [-0.39, 0.29) is 6.10 Å². The monoisotopic (exact) mass is 275 g/mol. The van der Waals surface area contributed by atoms with E-state index in [9.17, 15) is 0 Å². The highest BCUT2D eigenvalue weighted by Gasteiger charge is 2.31. The van der Waals surface area contributed by atoms with Crippen LogP contribution in [0.5, 0.6) is 0 Å². The third-order valence-electron chi connectivity index (χ3n) is 4.04. The van der Waals surface area contributed by atoms with Crippen molar-refractivity contribution in [2.75, 3.05) is 31.6 Å². The number of ether oxygens (including phenoxy) is 1. The molecule has 4 heterocycles. The van der Waals surface area contributed by atoms with Crippen molar-refractivity contribution in [1.29, 1.82) is 0 Å². The van der Waals surface area contributed by atoms with E-state index in [1.54, 1.807) is 0 Å². The first-order valence-corrected chi connectivity index (χ1v) is 7.03. The molecular weight excluding hydrogens is 258 g/mol. The van der Waals surface area contributed by atoms with Gasteiger partial charge in [-0.15, -0.1) is 14.8 Å². The summed E-state index contributed by atoms with van der Waals surface area (Å²) in [4.78, 5) is 2.54. The fourth-order valence-electron chi connectivity index (χ4n) is 2.97. The molecular formula is C12H17N7O. The molecule has 0 saturated carbocycles. The second kappa shape index (κ2) is 4.95. The maximum atomic E-state index is 5.91. The minimum absolute atomic E-state index is 0.218. The Morgan fingerprint density at radius 2 is 2.40 bits per heavy atom. The number of hydrogen-bond acceptors (Lipinski definition) is 7. The fourth-order valence-corrected chi connectivity index (χ4v) is 2.97. The van der Waals surface area contributed by atoms with Crippen molar-refractivity contribution in [3.63, 3.8) is 0 Å². The van der Waals surface area contributed by atoms with Gasteiger partial charge in [-0.2, -0.15) is 0 Å². The van der Waals surface area contributed by atoms with Gasteiger partial charge >= 0.3 is 0 Å². The number of morpholine rings is 1. The van der Waals surface area contributed by atoms with Crippen molar-refractivity contribution in [3.8, 4) is 0 Å². The van der Waals surface area contributed by atoms with Gasteiger partial charge in [0.2, 0.25) is 0 Å². The second-order valence-corrected chi connectivity index (χ2v) is 5.37. The summed E-state index contributed by atoms with van der Waals surface area (Å²) in [5.41, 5.74) is 0.643. The zero-order chi connectivity index (χ0) is 13.4. The van der Waals surface area contributed by atoms with E-state index < -0.39 is 0 Å². The first-order chi connectivity index (χ1) is 9.88. The lowest BCUT2D eigenvalue weighted by molar-refractivity contribution is -0.0416. The molecule has 2 fully saturated rings. The Bertz CT molecular complexity index is 600. The standard InChI is InChI=1S/C12H17N7O/c1-2-9-8-20-10(7-18(9)5-1)6-13-11-3-4-12-14-16-17-19(12)15-11/h3-4,9-10H,1-2,5-8H2,(H,13,15). The van der Waals surface area contributed by atoms with Crippen LogP contribution in [-0.2, 0) is 4.74 Å². The Morgan fingerprint density at radius 1 is 1.40 bits per heavy atom. The van der Waals surface area contributed by atoms with Crippen LogP contribution in [0.15, 0.2) is 12.1 Å². The van der Waals surface area contributed by atoms with Crippen molar-refractivity contribution >= 4 is 11.5 Å². The molecule has 20 heavy (non-hydrogen) atoms. The van der Waals surface area contributed by atoms with Crippen LogP contribution in [0.2, 0.25) is 0 Å². The zero-order valence-electron chi connectivity index (χ0n) is 11.1. The molecule has 2 atom stereocenters. The minimum atomic E-state index is 0.218. The van der Waals surface area contributed by atoms with Crippen LogP contribution >= 0.6 is 0 Å². The van der Waals surface area contributed by atoms with E-state index in [4.69, 9.17) is 4.74 Å². The summed E-state index contributed by atoms with van der Waals surface area (Å²) in [5.74, 6) is 0.761. The van der Waals surface area contributed by atoms with Crippen LogP contribution in [0.1, 0.15) is 12.8 Å². The fraction of sp³-hybridized carbons (Fsp3) is 0.667. The third kappa shape index (κ3) is 2.20. The average Bonchev–Trinajstić information content (AvgIpc) is 3.12. The summed E-state index contributed by atoms with van der Waals surface area (Å²) < 4.78 is 7.32. The SMILES string of the molecule is c1cc2nnnn2nc1NCC1CN2CCCC2CO1. The average molecular weight is 275 g/mol. The van der Waals surface area contributed by atoms with Crippen LogP contribution < -0.4 is 5.32 Å². The maximum Gasteiger partial charge on any atom is 0.200 e. The molecule has 8 nitrogen and oxygen atoms in total. The van der Waals surface area contributed by atoms with Crippen LogP contribution in [0, 0.1) is 0 Å². The number of nitrogens with one attached hydrogen (secondary N) is 1. The summed E-state index contributed by atoms with van der Waals surface area (Å²) in [6.07, 6.45) is 2.79. The highest BCUT2D eigenvalue weighted by molar-refractivity contribution is 5.42. The molecule has 0 aliphatic carbocycles. The summed E-state index contributed by atoms with van der Waals surface area (Å²) in [5, 5.41) is 18.8. The molecule has 2 aliphatic heterocycles. The smallest absolute Gasteiger partial charge is 0.200 e. The molecule has 2 aromatic rings. The first kappa shape index (κ1) is 12.0. The van der Waals surface area contributed by atoms with Gasteiger partial charge in [-0.1, -0.05) is 0 Å². The van der Waals surface area contributed by atoms with E-state index in [1.165, 1.54) is 24.0 Å². The van der Waals surface area contributed by atoms with Gasteiger partial charge in [0.05, 0.1) is 12.7 Å². The highest BCUT2D eigenvalue weighted by atomic mass is 16.5. The first-order valence-electron chi connectivity index (χ1n) is 7.03. The van der Waals surface area contributed by atoms with Crippen molar-refractivity contribution in [2.24, 2.45) is 0 Å². The molecule has 0 amide bonds. The topological polar surface area (TPSA) is 80.5 Å². The number of rotatable bonds is 3. The van der Waals surface area contributed by atoms with Gasteiger partial charge in [-0.3, -0.25) is 4.90 Å². The lowest BCUT2D eigenvalue weighted by Gasteiger charge is -2.35. The number of tetrazole rings is 1. The van der Waals surface area contributed by atoms with E-state index >= 15 is 0 Å². The van der Waals surface area contributed by atoms with Crippen LogP contribution in [-0.4, -0.2) is 68.5 Å². The molecule has 0 bridgehead atoms. The maximum absolute atomic E-state index is 5.91. The molecule has 1 N–H and O–H groups in total. The Kier molecular flexibility index (Phi) is 2.96. The Labute approximate surface area is 116 Å². The number of nitrogens with zero attached hydrogens (tertiary/aromatic N) is 6. The van der Waals surface area contributed by atoms with E-state index in [0.29, 0.717) is 11.7 Å². The Hall–Kier alpha value is -1.80. The third-order valence-corrected chi connectivity index (χ3v) is 4.04.